The minimum atomic E-state index is -0.729. The molecule has 0 saturated carbocycles. The fourth-order valence-corrected chi connectivity index (χ4v) is 6.88. The first-order chi connectivity index (χ1) is 9.31. The van der Waals surface area contributed by atoms with E-state index in [9.17, 15) is 0 Å². The molecule has 0 aromatic heterocycles. The van der Waals surface area contributed by atoms with Crippen LogP contribution in [-0.4, -0.2) is 0 Å². The molecule has 21 heavy (non-hydrogen) atoms. The summed E-state index contributed by atoms with van der Waals surface area (Å²) in [6.45, 7) is 4.38. The van der Waals surface area contributed by atoms with Gasteiger partial charge in [-0.15, -0.1) is 0 Å². The molecule has 2 aliphatic carbocycles. The Labute approximate surface area is 153 Å². The van der Waals surface area contributed by atoms with Gasteiger partial charge in [-0.2, -0.15) is 0 Å². The predicted molar refractivity (Wildman–Crippen MR) is 80.4 cm³/mol. The summed E-state index contributed by atoms with van der Waals surface area (Å²) in [5.41, 5.74) is 2.86. The molecule has 0 spiro atoms. The zero-order valence-corrected chi connectivity index (χ0v) is 17.8. The zero-order valence-electron chi connectivity index (χ0n) is 12.7. The maximum atomic E-state index is 2.44. The zero-order chi connectivity index (χ0) is 13.5. The van der Waals surface area contributed by atoms with Crippen molar-refractivity contribution < 1.29 is 47.7 Å². The Bertz CT molecular complexity index is 459. The van der Waals surface area contributed by atoms with Crippen molar-refractivity contribution in [2.45, 2.75) is 39.5 Å². The van der Waals surface area contributed by atoms with E-state index in [1.54, 1.807) is 6.66 Å². The van der Waals surface area contributed by atoms with E-state index < -0.39 is 22.9 Å². The van der Waals surface area contributed by atoms with Crippen LogP contribution in [0.5, 0.6) is 0 Å². The van der Waals surface area contributed by atoms with Gasteiger partial charge in [-0.1, -0.05) is 0 Å². The first-order valence-electron chi connectivity index (χ1n) is 7.23. The molecule has 0 N–H and O–H groups in total. The predicted octanol–water partition coefficient (Wildman–Crippen LogP) is -0.563. The second-order valence-corrected chi connectivity index (χ2v) is 10.4. The van der Waals surface area contributed by atoms with Gasteiger partial charge in [-0.05, 0) is 0 Å². The normalized spacial score (nSPS) is 16.9. The van der Waals surface area contributed by atoms with Gasteiger partial charge in [0.05, 0.1) is 0 Å². The van der Waals surface area contributed by atoms with Gasteiger partial charge >= 0.3 is 129 Å². The molecule has 0 unspecified atom stereocenters. The molecule has 0 fully saturated rings. The molecule has 0 aliphatic heterocycles. The number of hydrogen-bond acceptors (Lipinski definition) is 0. The number of allylic oxidation sites excluding steroid dienone is 12. The van der Waals surface area contributed by atoms with E-state index in [-0.39, 0.29) is 24.8 Å². The topological polar surface area (TPSA) is 0 Å². The summed E-state index contributed by atoms with van der Waals surface area (Å²) >= 11 is -0.729. The van der Waals surface area contributed by atoms with Gasteiger partial charge in [-0.3, -0.25) is 0 Å². The van der Waals surface area contributed by atoms with E-state index in [1.165, 1.54) is 24.0 Å². The van der Waals surface area contributed by atoms with Crippen molar-refractivity contribution in [2.24, 2.45) is 0 Å². The summed E-state index contributed by atoms with van der Waals surface area (Å²) < 4.78 is 3.49. The van der Waals surface area contributed by atoms with Crippen LogP contribution >= 0.6 is 0 Å². The molecule has 2 rings (SSSR count). The summed E-state index contributed by atoms with van der Waals surface area (Å²) in [7, 11) is 0. The van der Waals surface area contributed by atoms with Gasteiger partial charge in [0.2, 0.25) is 0 Å². The first kappa shape index (κ1) is 20.9. The molecule has 0 aromatic carbocycles. The van der Waals surface area contributed by atoms with Crippen LogP contribution in [0.25, 0.3) is 0 Å². The van der Waals surface area contributed by atoms with Crippen LogP contribution in [0.15, 0.2) is 66.4 Å². The Morgan fingerprint density at radius 2 is 1.29 bits per heavy atom. The first-order valence-corrected chi connectivity index (χ1v) is 10.8. The van der Waals surface area contributed by atoms with Crippen molar-refractivity contribution in [3.05, 3.63) is 66.4 Å². The number of hydrogen-bond donors (Lipinski definition) is 0. The molecule has 0 saturated heterocycles. The minimum absolute atomic E-state index is 0. The second-order valence-electron chi connectivity index (χ2n) is 4.90. The summed E-state index contributed by atoms with van der Waals surface area (Å²) in [6.07, 6.45) is 23.4. The minimum Gasteiger partial charge on any atom is -1.00 e. The molecule has 112 valence electrons. The Hall–Kier alpha value is -0.110. The van der Waals surface area contributed by atoms with Crippen LogP contribution in [0.2, 0.25) is 0 Å². The van der Waals surface area contributed by atoms with Crippen molar-refractivity contribution in [2.75, 3.05) is 0 Å². The van der Waals surface area contributed by atoms with Gasteiger partial charge in [-0.25, -0.2) is 0 Å². The Kier molecular flexibility index (Phi) is 11.4. The van der Waals surface area contributed by atoms with Crippen molar-refractivity contribution in [3.63, 3.8) is 0 Å². The van der Waals surface area contributed by atoms with Crippen LogP contribution in [0.1, 0.15) is 39.5 Å². The van der Waals surface area contributed by atoms with Crippen molar-refractivity contribution >= 4 is 0 Å². The van der Waals surface area contributed by atoms with Gasteiger partial charge in [0.25, 0.3) is 0 Å². The van der Waals surface area contributed by atoms with E-state index in [0.29, 0.717) is 0 Å². The van der Waals surface area contributed by atoms with Crippen LogP contribution in [-0.2, 0) is 22.9 Å². The molecular weight excluding hydrogens is 466 g/mol. The molecule has 0 nitrogen and oxygen atoms in total. The number of rotatable bonds is 6. The monoisotopic (exact) mass is 488 g/mol. The van der Waals surface area contributed by atoms with Crippen molar-refractivity contribution in [3.8, 4) is 0 Å². The number of halogens is 2. The molecule has 0 amide bonds. The van der Waals surface area contributed by atoms with E-state index in [1.807, 2.05) is 0 Å². The Balaban J connectivity index is 0.00000200. The molecule has 3 heteroatoms. The molecule has 0 atom stereocenters. The maximum absolute atomic E-state index is 2.44. The molecule has 0 heterocycles. The molecule has 0 radical (unpaired) electrons. The van der Waals surface area contributed by atoms with Crippen molar-refractivity contribution in [1.82, 2.24) is 0 Å². The van der Waals surface area contributed by atoms with E-state index in [4.69, 9.17) is 0 Å². The molecule has 0 aromatic rings. The van der Waals surface area contributed by atoms with Crippen LogP contribution in [0.4, 0.5) is 0 Å². The average Bonchev–Trinajstić information content (AvgIpc) is 3.04. The second kappa shape index (κ2) is 11.5. The average molecular weight is 488 g/mol. The third-order valence-electron chi connectivity index (χ3n) is 3.21. The van der Waals surface area contributed by atoms with Crippen LogP contribution in [0, 0.1) is 0 Å². The molecule has 2 aliphatic rings. The Morgan fingerprint density at radius 1 is 0.857 bits per heavy atom. The fraction of sp³-hybridized carbons (Fsp3) is 0.333. The van der Waals surface area contributed by atoms with E-state index in [0.717, 1.165) is 12.8 Å². The summed E-state index contributed by atoms with van der Waals surface area (Å²) in [4.78, 5) is 0. The molecular formula is C18H22Cl2Hf. The fourth-order valence-electron chi connectivity index (χ4n) is 2.21. The smallest absolute Gasteiger partial charge is 1.00 e. The third-order valence-corrected chi connectivity index (χ3v) is 8.02. The Morgan fingerprint density at radius 3 is 1.67 bits per heavy atom. The quantitative estimate of drug-likeness (QED) is 0.441. The third kappa shape index (κ3) is 7.13. The van der Waals surface area contributed by atoms with Crippen LogP contribution < -0.4 is 24.8 Å². The van der Waals surface area contributed by atoms with Crippen molar-refractivity contribution in [1.29, 1.82) is 0 Å². The summed E-state index contributed by atoms with van der Waals surface area (Å²) in [5, 5.41) is 0. The standard InChI is InChI=1S/2C9H11.2ClH.Hf/c2*1-2-3-6-9-7-4-5-8-9;;;/h2*3,6-8H,2,4H2,1H3;2*1H;/q;;;;+2/p-2. The van der Waals surface area contributed by atoms with Gasteiger partial charge < -0.3 is 24.8 Å². The largest absolute Gasteiger partial charge is 1.00 e. The maximum Gasteiger partial charge on any atom is -1.00 e. The summed E-state index contributed by atoms with van der Waals surface area (Å²) in [6, 6.07) is 0. The molecule has 0 bridgehead atoms. The van der Waals surface area contributed by atoms with Crippen LogP contribution in [0.3, 0.4) is 0 Å². The van der Waals surface area contributed by atoms with Gasteiger partial charge in [0.15, 0.2) is 0 Å². The van der Waals surface area contributed by atoms with Gasteiger partial charge in [0, 0.05) is 0 Å². The van der Waals surface area contributed by atoms with Gasteiger partial charge in [0.1, 0.15) is 0 Å². The summed E-state index contributed by atoms with van der Waals surface area (Å²) in [5.74, 6) is 0. The van der Waals surface area contributed by atoms with E-state index >= 15 is 0 Å². The SMILES string of the molecule is CCC=CC1=CC[C]([Hf+2][C]2=CC(C=CCC)=CC2)=C1.[Cl-].[Cl-]. The van der Waals surface area contributed by atoms with E-state index in [2.05, 4.69) is 62.5 Å².